The number of halogens is 3. The summed E-state index contributed by atoms with van der Waals surface area (Å²) in [6.45, 7) is 4.25. The minimum absolute atomic E-state index is 0.220. The van der Waals surface area contributed by atoms with Crippen molar-refractivity contribution in [2.75, 3.05) is 0 Å². The largest absolute Gasteiger partial charge is 0.453 e. The zero-order valence-corrected chi connectivity index (χ0v) is 19.3. The second-order valence-corrected chi connectivity index (χ2v) is 8.54. The van der Waals surface area contributed by atoms with Gasteiger partial charge in [-0.3, -0.25) is 0 Å². The number of aryl methyl sites for hydroxylation is 1. The number of aromatic nitrogens is 5. The Bertz CT molecular complexity index is 1500. The van der Waals surface area contributed by atoms with Gasteiger partial charge in [0.15, 0.2) is 17.3 Å². The minimum Gasteiger partial charge on any atom is -0.453 e. The maximum atomic E-state index is 13.0. The molecule has 0 fully saturated rings. The third-order valence-corrected chi connectivity index (χ3v) is 5.71. The van der Waals surface area contributed by atoms with E-state index in [4.69, 9.17) is 9.72 Å². The molecule has 0 saturated heterocycles. The summed E-state index contributed by atoms with van der Waals surface area (Å²) in [5.74, 6) is 2.18. The van der Waals surface area contributed by atoms with Gasteiger partial charge < -0.3 is 14.3 Å². The second-order valence-electron chi connectivity index (χ2n) is 8.54. The zero-order valence-electron chi connectivity index (χ0n) is 19.3. The van der Waals surface area contributed by atoms with Gasteiger partial charge in [0.05, 0.1) is 11.7 Å². The first-order valence-corrected chi connectivity index (χ1v) is 11.0. The Morgan fingerprint density at radius 1 is 1.00 bits per heavy atom. The summed E-state index contributed by atoms with van der Waals surface area (Å²) in [4.78, 5) is 16.1. The third-order valence-electron chi connectivity index (χ3n) is 5.71. The molecular weight excluding hydrogens is 455 g/mol. The van der Waals surface area contributed by atoms with Gasteiger partial charge in [0.2, 0.25) is 0 Å². The van der Waals surface area contributed by atoms with Gasteiger partial charge >= 0.3 is 6.18 Å². The van der Waals surface area contributed by atoms with E-state index in [-0.39, 0.29) is 5.82 Å². The van der Waals surface area contributed by atoms with Crippen LogP contribution in [0.1, 0.15) is 31.0 Å². The van der Waals surface area contributed by atoms with Crippen molar-refractivity contribution in [3.63, 3.8) is 0 Å². The summed E-state index contributed by atoms with van der Waals surface area (Å²) < 4.78 is 46.4. The molecule has 3 heterocycles. The predicted octanol–water partition coefficient (Wildman–Crippen LogP) is 6.96. The summed E-state index contributed by atoms with van der Waals surface area (Å²) >= 11 is 0. The van der Waals surface area contributed by atoms with E-state index in [1.807, 2.05) is 18.2 Å². The first-order chi connectivity index (χ1) is 16.7. The highest BCUT2D eigenvalue weighted by molar-refractivity contribution is 5.83. The maximum Gasteiger partial charge on any atom is 0.434 e. The second kappa shape index (κ2) is 8.57. The van der Waals surface area contributed by atoms with Crippen LogP contribution in [0.25, 0.3) is 33.8 Å². The molecule has 5 rings (SSSR count). The third kappa shape index (κ3) is 4.37. The van der Waals surface area contributed by atoms with Crippen LogP contribution >= 0.6 is 0 Å². The zero-order chi connectivity index (χ0) is 24.7. The van der Waals surface area contributed by atoms with Gasteiger partial charge in [-0.1, -0.05) is 38.1 Å². The van der Waals surface area contributed by atoms with E-state index >= 15 is 0 Å². The lowest BCUT2D eigenvalue weighted by atomic mass is 9.97. The molecule has 0 aliphatic rings. The molecule has 0 spiro atoms. The lowest BCUT2D eigenvalue weighted by Crippen LogP contribution is -2.04. The highest BCUT2D eigenvalue weighted by Crippen LogP contribution is 2.34. The number of rotatable bonds is 5. The molecule has 2 aromatic carbocycles. The molecule has 1 N–H and O–H groups in total. The Morgan fingerprint density at radius 2 is 1.74 bits per heavy atom. The fourth-order valence-corrected chi connectivity index (χ4v) is 3.97. The number of imidazole rings is 1. The molecule has 0 amide bonds. The maximum absolute atomic E-state index is 13.0. The Labute approximate surface area is 199 Å². The number of hydrogen-bond donors (Lipinski definition) is 1. The molecule has 0 atom stereocenters. The van der Waals surface area contributed by atoms with E-state index in [1.165, 1.54) is 11.6 Å². The Morgan fingerprint density at radius 3 is 2.43 bits per heavy atom. The normalized spacial score (nSPS) is 12.0. The quantitative estimate of drug-likeness (QED) is 0.297. The van der Waals surface area contributed by atoms with Crippen molar-refractivity contribution in [3.8, 4) is 34.3 Å². The fraction of sp³-hybridized carbons (Fsp3) is 0.192. The Balaban J connectivity index is 1.44. The Hall–Kier alpha value is -4.14. The van der Waals surface area contributed by atoms with Gasteiger partial charge in [0.1, 0.15) is 17.1 Å². The van der Waals surface area contributed by atoms with Crippen LogP contribution in [0.3, 0.4) is 0 Å². The SMILES string of the molecule is CC(C)c1ccccc1-c1ncc2[nH]cc(Oc3ccc(-c4nc(C(F)(F)F)cn4C)cc3)c2n1. The summed E-state index contributed by atoms with van der Waals surface area (Å²) in [6.07, 6.45) is -0.0883. The van der Waals surface area contributed by atoms with Crippen molar-refractivity contribution in [1.82, 2.24) is 24.5 Å². The molecule has 0 aliphatic carbocycles. The van der Waals surface area contributed by atoms with E-state index in [9.17, 15) is 13.2 Å². The highest BCUT2D eigenvalue weighted by Gasteiger charge is 2.34. The number of H-pyrrole nitrogens is 1. The van der Waals surface area contributed by atoms with Crippen LogP contribution in [-0.2, 0) is 13.2 Å². The summed E-state index contributed by atoms with van der Waals surface area (Å²) in [6, 6.07) is 14.8. The average Bonchev–Trinajstić information content (AvgIpc) is 3.43. The van der Waals surface area contributed by atoms with E-state index in [1.54, 1.807) is 36.7 Å². The van der Waals surface area contributed by atoms with E-state index < -0.39 is 11.9 Å². The predicted molar refractivity (Wildman–Crippen MR) is 127 cm³/mol. The first-order valence-electron chi connectivity index (χ1n) is 11.0. The highest BCUT2D eigenvalue weighted by atomic mass is 19.4. The number of benzene rings is 2. The molecule has 0 saturated carbocycles. The molecule has 9 heteroatoms. The number of aromatic amines is 1. The van der Waals surface area contributed by atoms with Crippen LogP contribution in [0.4, 0.5) is 13.2 Å². The topological polar surface area (TPSA) is 68.6 Å². The van der Waals surface area contributed by atoms with Crippen molar-refractivity contribution in [3.05, 3.63) is 78.4 Å². The molecule has 35 heavy (non-hydrogen) atoms. The van der Waals surface area contributed by atoms with Gasteiger partial charge in [-0.15, -0.1) is 0 Å². The molecule has 0 aliphatic heterocycles. The number of hydrogen-bond acceptors (Lipinski definition) is 4. The number of fused-ring (bicyclic) bond motifs is 1. The standard InChI is InChI=1S/C26H22F3N5O/c1-15(2)18-6-4-5-7-19(18)24-31-12-20-23(33-24)21(13-30-20)35-17-10-8-16(9-11-17)25-32-22(14-34(25)3)26(27,28)29/h4-15,30H,1-3H3. The van der Waals surface area contributed by atoms with Crippen molar-refractivity contribution >= 4 is 11.0 Å². The Kier molecular flexibility index (Phi) is 5.55. The summed E-state index contributed by atoms with van der Waals surface area (Å²) in [5, 5.41) is 0. The monoisotopic (exact) mass is 477 g/mol. The number of nitrogens with zero attached hydrogens (tertiary/aromatic N) is 4. The van der Waals surface area contributed by atoms with Crippen molar-refractivity contribution in [2.45, 2.75) is 25.9 Å². The molecule has 6 nitrogen and oxygen atoms in total. The van der Waals surface area contributed by atoms with Crippen LogP contribution < -0.4 is 4.74 Å². The van der Waals surface area contributed by atoms with Crippen LogP contribution in [0.15, 0.2) is 67.1 Å². The van der Waals surface area contributed by atoms with Crippen LogP contribution in [0.2, 0.25) is 0 Å². The molecular formula is C26H22F3N5O. The van der Waals surface area contributed by atoms with E-state index in [0.717, 1.165) is 22.8 Å². The fourth-order valence-electron chi connectivity index (χ4n) is 3.97. The minimum atomic E-state index is -4.50. The average molecular weight is 477 g/mol. The lowest BCUT2D eigenvalue weighted by molar-refractivity contribution is -0.140. The summed E-state index contributed by atoms with van der Waals surface area (Å²) in [5.41, 5.74) is 3.11. The molecule has 0 radical (unpaired) electrons. The van der Waals surface area contributed by atoms with E-state index in [0.29, 0.717) is 34.3 Å². The molecule has 5 aromatic rings. The van der Waals surface area contributed by atoms with Crippen LogP contribution in [0.5, 0.6) is 11.5 Å². The van der Waals surface area contributed by atoms with Gasteiger partial charge in [0.25, 0.3) is 0 Å². The van der Waals surface area contributed by atoms with Crippen molar-refractivity contribution < 1.29 is 17.9 Å². The van der Waals surface area contributed by atoms with Crippen molar-refractivity contribution in [2.24, 2.45) is 7.05 Å². The molecule has 3 aromatic heterocycles. The summed E-state index contributed by atoms with van der Waals surface area (Å²) in [7, 11) is 1.53. The number of nitrogens with one attached hydrogen (secondary N) is 1. The van der Waals surface area contributed by atoms with Gasteiger partial charge in [-0.2, -0.15) is 13.2 Å². The van der Waals surface area contributed by atoms with Gasteiger partial charge in [-0.25, -0.2) is 15.0 Å². The van der Waals surface area contributed by atoms with Crippen molar-refractivity contribution in [1.29, 1.82) is 0 Å². The smallest absolute Gasteiger partial charge is 0.434 e. The molecule has 178 valence electrons. The molecule has 0 bridgehead atoms. The number of ether oxygens (including phenoxy) is 1. The number of alkyl halides is 3. The van der Waals surface area contributed by atoms with E-state index in [2.05, 4.69) is 34.9 Å². The van der Waals surface area contributed by atoms with Gasteiger partial charge in [0, 0.05) is 30.6 Å². The lowest BCUT2D eigenvalue weighted by Gasteiger charge is -2.11. The van der Waals surface area contributed by atoms with Gasteiger partial charge in [-0.05, 0) is 35.7 Å². The van der Waals surface area contributed by atoms with Crippen LogP contribution in [0, 0.1) is 0 Å². The molecule has 0 unspecified atom stereocenters. The first kappa shape index (κ1) is 22.6. The van der Waals surface area contributed by atoms with Crippen LogP contribution in [-0.4, -0.2) is 24.5 Å².